The number of aromatic nitrogens is 2. The van der Waals surface area contributed by atoms with E-state index in [0.717, 1.165) is 59.7 Å². The zero-order chi connectivity index (χ0) is 24.4. The maximum absolute atomic E-state index is 15.0. The van der Waals surface area contributed by atoms with Gasteiger partial charge in [0.2, 0.25) is 0 Å². The maximum Gasteiger partial charge on any atom is 0.170 e. The van der Waals surface area contributed by atoms with Gasteiger partial charge in [0, 0.05) is 37.8 Å². The van der Waals surface area contributed by atoms with Crippen LogP contribution >= 0.6 is 0 Å². The summed E-state index contributed by atoms with van der Waals surface area (Å²) in [6, 6.07) is 13.8. The fourth-order valence-corrected chi connectivity index (χ4v) is 4.89. The molecule has 1 aliphatic carbocycles. The Morgan fingerprint density at radius 3 is 2.63 bits per heavy atom. The van der Waals surface area contributed by atoms with E-state index in [1.165, 1.54) is 0 Å². The smallest absolute Gasteiger partial charge is 0.170 e. The molecule has 2 aromatic carbocycles. The lowest BCUT2D eigenvalue weighted by atomic mass is 9.88. The molecule has 0 atom stereocenters. The van der Waals surface area contributed by atoms with Crippen molar-refractivity contribution in [1.82, 2.24) is 9.97 Å². The van der Waals surface area contributed by atoms with Crippen LogP contribution in [0.4, 0.5) is 20.3 Å². The zero-order valence-corrected chi connectivity index (χ0v) is 20.1. The molecule has 186 valence electrons. The van der Waals surface area contributed by atoms with Crippen LogP contribution in [0.1, 0.15) is 43.0 Å². The van der Waals surface area contributed by atoms with Crippen molar-refractivity contribution in [3.8, 4) is 5.75 Å². The van der Waals surface area contributed by atoms with Gasteiger partial charge < -0.3 is 19.6 Å². The van der Waals surface area contributed by atoms with Crippen LogP contribution in [0.2, 0.25) is 0 Å². The highest BCUT2D eigenvalue weighted by molar-refractivity contribution is 5.92. The number of para-hydroxylation sites is 1. The van der Waals surface area contributed by atoms with Gasteiger partial charge in [0.15, 0.2) is 11.5 Å². The Morgan fingerprint density at radius 1 is 1.14 bits per heavy atom. The van der Waals surface area contributed by atoms with Gasteiger partial charge in [-0.15, -0.1) is 0 Å². The number of halogens is 2. The minimum Gasteiger partial charge on any atom is -0.491 e. The first-order valence-electron chi connectivity index (χ1n) is 12.4. The van der Waals surface area contributed by atoms with E-state index in [0.29, 0.717) is 25.3 Å². The molecule has 6 nitrogen and oxygen atoms in total. The van der Waals surface area contributed by atoms with E-state index >= 15 is 4.39 Å². The Hall–Kier alpha value is -3.00. The number of aliphatic hydroxyl groups excluding tert-OH is 1. The van der Waals surface area contributed by atoms with Crippen LogP contribution < -0.4 is 14.5 Å². The van der Waals surface area contributed by atoms with Gasteiger partial charge in [0.05, 0.1) is 12.1 Å². The molecule has 1 aromatic heterocycles. The SMILES string of the molecule is CN(CCO)c1ccc2nc(C3(F)CC3)nc(N3CCC(c4ccccc4OCCF)CC3)c2c1. The van der Waals surface area contributed by atoms with Gasteiger partial charge >= 0.3 is 0 Å². The Kier molecular flexibility index (Phi) is 6.73. The normalized spacial score (nSPS) is 17.5. The van der Waals surface area contributed by atoms with Crippen molar-refractivity contribution in [3.63, 3.8) is 0 Å². The molecule has 0 bridgehead atoms. The fraction of sp³-hybridized carbons (Fsp3) is 0.481. The summed E-state index contributed by atoms with van der Waals surface area (Å²) < 4.78 is 33.4. The summed E-state index contributed by atoms with van der Waals surface area (Å²) in [4.78, 5) is 13.6. The van der Waals surface area contributed by atoms with Crippen molar-refractivity contribution in [2.45, 2.75) is 37.3 Å². The average molecular weight is 483 g/mol. The lowest BCUT2D eigenvalue weighted by molar-refractivity contribution is 0.268. The van der Waals surface area contributed by atoms with Crippen molar-refractivity contribution in [2.24, 2.45) is 0 Å². The van der Waals surface area contributed by atoms with E-state index in [4.69, 9.17) is 9.72 Å². The highest BCUT2D eigenvalue weighted by Gasteiger charge is 2.48. The Balaban J connectivity index is 1.44. The van der Waals surface area contributed by atoms with Crippen LogP contribution in [-0.2, 0) is 5.67 Å². The highest BCUT2D eigenvalue weighted by atomic mass is 19.1. The Labute approximate surface area is 204 Å². The summed E-state index contributed by atoms with van der Waals surface area (Å²) >= 11 is 0. The largest absolute Gasteiger partial charge is 0.491 e. The van der Waals surface area contributed by atoms with E-state index in [1.807, 2.05) is 48.3 Å². The first-order valence-corrected chi connectivity index (χ1v) is 12.4. The second-order valence-corrected chi connectivity index (χ2v) is 9.52. The fourth-order valence-electron chi connectivity index (χ4n) is 4.89. The van der Waals surface area contributed by atoms with E-state index in [1.54, 1.807) is 0 Å². The second kappa shape index (κ2) is 9.93. The standard InChI is InChI=1S/C27H32F2N4O2/c1-32(15-16-34)20-6-7-23-22(18-20)25(31-26(30-23)27(29)10-11-27)33-13-8-19(9-14-33)21-4-2-3-5-24(21)35-17-12-28/h2-7,18-19,34H,8-17H2,1H3. The van der Waals surface area contributed by atoms with Gasteiger partial charge in [-0.3, -0.25) is 0 Å². The number of alkyl halides is 2. The molecule has 2 heterocycles. The molecule has 1 N–H and O–H groups in total. The number of hydrogen-bond acceptors (Lipinski definition) is 6. The van der Waals surface area contributed by atoms with Gasteiger partial charge in [-0.1, -0.05) is 18.2 Å². The third kappa shape index (κ3) is 4.89. The lowest BCUT2D eigenvalue weighted by Gasteiger charge is -2.34. The Bertz CT molecular complexity index is 1180. The van der Waals surface area contributed by atoms with Gasteiger partial charge in [-0.05, 0) is 61.4 Å². The number of ether oxygens (including phenoxy) is 1. The van der Waals surface area contributed by atoms with Crippen LogP contribution in [0.3, 0.4) is 0 Å². The molecule has 5 rings (SSSR count). The third-order valence-corrected chi connectivity index (χ3v) is 7.11. The van der Waals surface area contributed by atoms with Gasteiger partial charge in [-0.2, -0.15) is 0 Å². The third-order valence-electron chi connectivity index (χ3n) is 7.11. The summed E-state index contributed by atoms with van der Waals surface area (Å²) in [5.41, 5.74) is 1.39. The summed E-state index contributed by atoms with van der Waals surface area (Å²) in [5.74, 6) is 2.11. The summed E-state index contributed by atoms with van der Waals surface area (Å²) in [6.45, 7) is 1.66. The molecule has 2 fully saturated rings. The molecule has 1 saturated carbocycles. The topological polar surface area (TPSA) is 61.7 Å². The van der Waals surface area contributed by atoms with E-state index in [2.05, 4.69) is 16.0 Å². The monoisotopic (exact) mass is 482 g/mol. The summed E-state index contributed by atoms with van der Waals surface area (Å²) in [5, 5.41) is 10.2. The van der Waals surface area contributed by atoms with Gasteiger partial charge in [-0.25, -0.2) is 18.7 Å². The molecule has 0 radical (unpaired) electrons. The zero-order valence-electron chi connectivity index (χ0n) is 20.1. The van der Waals surface area contributed by atoms with Crippen molar-refractivity contribution in [2.75, 3.05) is 56.4 Å². The van der Waals surface area contributed by atoms with E-state index in [9.17, 15) is 9.50 Å². The van der Waals surface area contributed by atoms with E-state index < -0.39 is 12.3 Å². The molecular weight excluding hydrogens is 450 g/mol. The van der Waals surface area contributed by atoms with Crippen molar-refractivity contribution >= 4 is 22.4 Å². The highest BCUT2D eigenvalue weighted by Crippen LogP contribution is 2.49. The van der Waals surface area contributed by atoms with Crippen LogP contribution in [0, 0.1) is 0 Å². The molecule has 35 heavy (non-hydrogen) atoms. The van der Waals surface area contributed by atoms with Crippen LogP contribution in [0.5, 0.6) is 5.75 Å². The molecule has 0 amide bonds. The molecular formula is C27H32F2N4O2. The average Bonchev–Trinajstić information content (AvgIpc) is 3.65. The van der Waals surface area contributed by atoms with Crippen molar-refractivity contribution in [1.29, 1.82) is 0 Å². The number of aliphatic hydroxyl groups is 1. The number of fused-ring (bicyclic) bond motifs is 1. The van der Waals surface area contributed by atoms with Crippen molar-refractivity contribution in [3.05, 3.63) is 53.9 Å². The van der Waals surface area contributed by atoms with Gasteiger partial charge in [0.25, 0.3) is 0 Å². The summed E-state index contributed by atoms with van der Waals surface area (Å²) in [7, 11) is 1.93. The van der Waals surface area contributed by atoms with Gasteiger partial charge in [0.1, 0.15) is 24.8 Å². The molecule has 0 unspecified atom stereocenters. The molecule has 0 spiro atoms. The minimum atomic E-state index is -1.42. The minimum absolute atomic E-state index is 0.0591. The summed E-state index contributed by atoms with van der Waals surface area (Å²) in [6.07, 6.45) is 2.71. The Morgan fingerprint density at radius 2 is 1.91 bits per heavy atom. The molecule has 1 aliphatic heterocycles. The first kappa shape index (κ1) is 23.7. The number of anilines is 2. The predicted molar refractivity (Wildman–Crippen MR) is 134 cm³/mol. The number of benzene rings is 2. The maximum atomic E-state index is 15.0. The van der Waals surface area contributed by atoms with Crippen molar-refractivity contribution < 1.29 is 18.6 Å². The number of rotatable bonds is 9. The molecule has 2 aliphatic rings. The molecule has 3 aromatic rings. The number of piperidine rings is 1. The second-order valence-electron chi connectivity index (χ2n) is 9.52. The van der Waals surface area contributed by atoms with E-state index in [-0.39, 0.29) is 19.0 Å². The number of nitrogens with zero attached hydrogens (tertiary/aromatic N) is 4. The first-order chi connectivity index (χ1) is 17.0. The number of likely N-dealkylation sites (N-methyl/N-ethyl adjacent to an activating group) is 1. The molecule has 1 saturated heterocycles. The quantitative estimate of drug-likeness (QED) is 0.475. The van der Waals surface area contributed by atoms with Crippen LogP contribution in [0.15, 0.2) is 42.5 Å². The lowest BCUT2D eigenvalue weighted by Crippen LogP contribution is -2.34. The van der Waals surface area contributed by atoms with Crippen LogP contribution in [-0.4, -0.2) is 61.6 Å². The molecule has 8 heteroatoms. The number of hydrogen-bond donors (Lipinski definition) is 1. The predicted octanol–water partition coefficient (Wildman–Crippen LogP) is 4.75. The van der Waals surface area contributed by atoms with Crippen LogP contribution in [0.25, 0.3) is 10.9 Å².